The number of ether oxygens (including phenoxy) is 1. The number of halogens is 2. The minimum absolute atomic E-state index is 0.0393. The molecule has 1 aliphatic heterocycles. The lowest BCUT2D eigenvalue weighted by molar-refractivity contribution is -0.391. The third-order valence-electron chi connectivity index (χ3n) is 4.18. The SMILES string of the molecule is O=[N+]([O-])c1cnc2ccc(N3CCC(Oc4ccc(Cl)c(Cl)c4)C3)nn12. The molecular formula is C16H13Cl2N5O3. The molecule has 1 saturated heterocycles. The zero-order valence-electron chi connectivity index (χ0n) is 13.4. The number of benzene rings is 1. The molecular weight excluding hydrogens is 381 g/mol. The van der Waals surface area contributed by atoms with Gasteiger partial charge in [0.2, 0.25) is 5.65 Å². The predicted molar refractivity (Wildman–Crippen MR) is 97.3 cm³/mol. The number of imidazole rings is 1. The predicted octanol–water partition coefficient (Wildman–Crippen LogP) is 3.60. The highest BCUT2D eigenvalue weighted by molar-refractivity contribution is 6.42. The Morgan fingerprint density at radius 3 is 2.85 bits per heavy atom. The fraction of sp³-hybridized carbons (Fsp3) is 0.250. The lowest BCUT2D eigenvalue weighted by Gasteiger charge is -2.17. The molecule has 8 nitrogen and oxygen atoms in total. The molecule has 0 aliphatic carbocycles. The van der Waals surface area contributed by atoms with Crippen molar-refractivity contribution in [3.8, 4) is 5.75 Å². The van der Waals surface area contributed by atoms with Gasteiger partial charge in [-0.15, -0.1) is 0 Å². The summed E-state index contributed by atoms with van der Waals surface area (Å²) in [5, 5.41) is 16.3. The first-order valence-electron chi connectivity index (χ1n) is 7.87. The quantitative estimate of drug-likeness (QED) is 0.497. The Bertz CT molecular complexity index is 993. The van der Waals surface area contributed by atoms with Crippen molar-refractivity contribution in [2.24, 2.45) is 0 Å². The second-order valence-corrected chi connectivity index (χ2v) is 6.70. The highest BCUT2D eigenvalue weighted by Gasteiger charge is 2.27. The average Bonchev–Trinajstić information content (AvgIpc) is 3.24. The maximum Gasteiger partial charge on any atom is 0.368 e. The monoisotopic (exact) mass is 393 g/mol. The molecule has 0 amide bonds. The molecule has 1 fully saturated rings. The largest absolute Gasteiger partial charge is 0.488 e. The van der Waals surface area contributed by atoms with Crippen LogP contribution in [0.15, 0.2) is 36.5 Å². The molecule has 26 heavy (non-hydrogen) atoms. The zero-order chi connectivity index (χ0) is 18.3. The van der Waals surface area contributed by atoms with Gasteiger partial charge in [-0.25, -0.2) is 4.98 Å². The van der Waals surface area contributed by atoms with Crippen molar-refractivity contribution in [1.82, 2.24) is 14.6 Å². The molecule has 1 atom stereocenters. The van der Waals surface area contributed by atoms with Gasteiger partial charge in [-0.3, -0.25) is 0 Å². The summed E-state index contributed by atoms with van der Waals surface area (Å²) < 4.78 is 7.20. The molecule has 1 unspecified atom stereocenters. The van der Waals surface area contributed by atoms with Crippen molar-refractivity contribution in [2.75, 3.05) is 18.0 Å². The fourth-order valence-corrected chi connectivity index (χ4v) is 3.21. The van der Waals surface area contributed by atoms with Crippen molar-refractivity contribution in [2.45, 2.75) is 12.5 Å². The molecule has 10 heteroatoms. The van der Waals surface area contributed by atoms with Crippen LogP contribution >= 0.6 is 23.2 Å². The maximum atomic E-state index is 11.1. The molecule has 0 spiro atoms. The number of aromatic nitrogens is 3. The van der Waals surface area contributed by atoms with Crippen LogP contribution in [0.25, 0.3) is 5.65 Å². The normalized spacial score (nSPS) is 17.0. The topological polar surface area (TPSA) is 85.8 Å². The van der Waals surface area contributed by atoms with Gasteiger partial charge in [-0.2, -0.15) is 0 Å². The first kappa shape index (κ1) is 16.9. The van der Waals surface area contributed by atoms with E-state index >= 15 is 0 Å². The van der Waals surface area contributed by atoms with Gasteiger partial charge in [0.15, 0.2) is 5.82 Å². The van der Waals surface area contributed by atoms with Gasteiger partial charge in [-0.1, -0.05) is 32.8 Å². The lowest BCUT2D eigenvalue weighted by Crippen LogP contribution is -2.25. The summed E-state index contributed by atoms with van der Waals surface area (Å²) >= 11 is 11.9. The van der Waals surface area contributed by atoms with Gasteiger partial charge in [0.1, 0.15) is 18.1 Å². The van der Waals surface area contributed by atoms with Crippen LogP contribution in [0.2, 0.25) is 10.0 Å². The van der Waals surface area contributed by atoms with Crippen molar-refractivity contribution in [1.29, 1.82) is 0 Å². The van der Waals surface area contributed by atoms with Crippen LogP contribution in [0.1, 0.15) is 6.42 Å². The minimum atomic E-state index is -0.503. The van der Waals surface area contributed by atoms with E-state index in [-0.39, 0.29) is 11.9 Å². The van der Waals surface area contributed by atoms with E-state index in [0.717, 1.165) is 13.0 Å². The number of hydrogen-bond donors (Lipinski definition) is 0. The van der Waals surface area contributed by atoms with Crippen LogP contribution in [-0.2, 0) is 0 Å². The number of hydrogen-bond acceptors (Lipinski definition) is 6. The molecule has 3 heterocycles. The van der Waals surface area contributed by atoms with E-state index < -0.39 is 4.92 Å². The third kappa shape index (κ3) is 3.13. The minimum Gasteiger partial charge on any atom is -0.488 e. The van der Waals surface area contributed by atoms with Gasteiger partial charge >= 0.3 is 5.82 Å². The Kier molecular flexibility index (Phi) is 4.29. The van der Waals surface area contributed by atoms with Crippen LogP contribution in [0.4, 0.5) is 11.6 Å². The summed E-state index contributed by atoms with van der Waals surface area (Å²) in [6.07, 6.45) is 1.96. The van der Waals surface area contributed by atoms with Gasteiger partial charge in [0.25, 0.3) is 0 Å². The van der Waals surface area contributed by atoms with E-state index in [0.29, 0.717) is 33.8 Å². The molecule has 0 saturated carbocycles. The van der Waals surface area contributed by atoms with Crippen LogP contribution in [-0.4, -0.2) is 38.7 Å². The Hall–Kier alpha value is -2.58. The zero-order valence-corrected chi connectivity index (χ0v) is 14.9. The summed E-state index contributed by atoms with van der Waals surface area (Å²) in [6, 6.07) is 8.66. The maximum absolute atomic E-state index is 11.1. The van der Waals surface area contributed by atoms with E-state index in [1.54, 1.807) is 30.3 Å². The second-order valence-electron chi connectivity index (χ2n) is 5.89. The second kappa shape index (κ2) is 6.62. The summed E-state index contributed by atoms with van der Waals surface area (Å²) in [5.74, 6) is 1.13. The fourth-order valence-electron chi connectivity index (χ4n) is 2.92. The Morgan fingerprint density at radius 1 is 1.23 bits per heavy atom. The molecule has 134 valence electrons. The summed E-state index contributed by atoms with van der Waals surface area (Å²) in [5.41, 5.74) is 0.434. The molecule has 2 aromatic heterocycles. The first-order valence-corrected chi connectivity index (χ1v) is 8.63. The lowest BCUT2D eigenvalue weighted by atomic mass is 10.3. The number of nitrogens with zero attached hydrogens (tertiary/aromatic N) is 5. The van der Waals surface area contributed by atoms with Gasteiger partial charge < -0.3 is 19.8 Å². The van der Waals surface area contributed by atoms with E-state index in [1.165, 1.54) is 10.7 Å². The molecule has 0 bridgehead atoms. The summed E-state index contributed by atoms with van der Waals surface area (Å²) in [4.78, 5) is 16.6. The third-order valence-corrected chi connectivity index (χ3v) is 4.92. The highest BCUT2D eigenvalue weighted by Crippen LogP contribution is 2.29. The number of fused-ring (bicyclic) bond motifs is 1. The van der Waals surface area contributed by atoms with E-state index in [2.05, 4.69) is 10.1 Å². The van der Waals surface area contributed by atoms with Crippen LogP contribution in [0, 0.1) is 10.1 Å². The molecule has 4 rings (SSSR count). The van der Waals surface area contributed by atoms with Crippen molar-refractivity contribution in [3.05, 3.63) is 56.7 Å². The molecule has 0 N–H and O–H groups in total. The smallest absolute Gasteiger partial charge is 0.368 e. The number of anilines is 1. The number of rotatable bonds is 4. The van der Waals surface area contributed by atoms with Crippen molar-refractivity contribution < 1.29 is 9.66 Å². The highest BCUT2D eigenvalue weighted by atomic mass is 35.5. The van der Waals surface area contributed by atoms with Crippen LogP contribution in [0.3, 0.4) is 0 Å². The van der Waals surface area contributed by atoms with Crippen LogP contribution < -0.4 is 9.64 Å². The van der Waals surface area contributed by atoms with Crippen molar-refractivity contribution in [3.63, 3.8) is 0 Å². The van der Waals surface area contributed by atoms with Gasteiger partial charge in [0.05, 0.1) is 16.6 Å². The van der Waals surface area contributed by atoms with Gasteiger partial charge in [-0.05, 0) is 23.1 Å². The molecule has 3 aromatic rings. The molecule has 0 radical (unpaired) electrons. The summed E-state index contributed by atoms with van der Waals surface area (Å²) in [6.45, 7) is 1.34. The van der Waals surface area contributed by atoms with E-state index in [1.807, 2.05) is 4.90 Å². The Morgan fingerprint density at radius 2 is 2.08 bits per heavy atom. The number of nitro groups is 1. The summed E-state index contributed by atoms with van der Waals surface area (Å²) in [7, 11) is 0. The van der Waals surface area contributed by atoms with Gasteiger partial charge in [0, 0.05) is 25.1 Å². The van der Waals surface area contributed by atoms with Crippen molar-refractivity contribution >= 4 is 40.5 Å². The average molecular weight is 394 g/mol. The molecule has 1 aromatic carbocycles. The van der Waals surface area contributed by atoms with E-state index in [4.69, 9.17) is 27.9 Å². The van der Waals surface area contributed by atoms with E-state index in [9.17, 15) is 10.1 Å². The molecule has 1 aliphatic rings. The standard InChI is InChI=1S/C16H13Cl2N5O3/c17-12-2-1-10(7-13(12)18)26-11-5-6-21(9-11)15-4-3-14-19-8-16(23(24)25)22(14)20-15/h1-4,7-8,11H,5-6,9H2. The Labute approximate surface area is 158 Å². The van der Waals surface area contributed by atoms with Crippen LogP contribution in [0.5, 0.6) is 5.75 Å². The Balaban J connectivity index is 1.51. The first-order chi connectivity index (χ1) is 12.5.